The first kappa shape index (κ1) is 23.3. The second kappa shape index (κ2) is 10.4. The van der Waals surface area contributed by atoms with Crippen LogP contribution in [-0.4, -0.2) is 74.0 Å². The van der Waals surface area contributed by atoms with Crippen molar-refractivity contribution in [2.45, 2.75) is 52.7 Å². The number of methoxy groups -OCH3 is 1. The topological polar surface area (TPSA) is 91.4 Å². The Balaban J connectivity index is 4.65. The average Bonchev–Trinajstić information content (AvgIpc) is 2.41. The van der Waals surface area contributed by atoms with Crippen LogP contribution in [0.2, 0.25) is 0 Å². The lowest BCUT2D eigenvalue weighted by atomic mass is 10.1. The lowest BCUT2D eigenvalue weighted by Gasteiger charge is -2.29. The molecule has 0 aliphatic heterocycles. The molecule has 146 valence electrons. The minimum absolute atomic E-state index is 0.0587. The van der Waals surface area contributed by atoms with Gasteiger partial charge in [-0.15, -0.1) is 0 Å². The van der Waals surface area contributed by atoms with E-state index in [1.54, 1.807) is 32.8 Å². The summed E-state index contributed by atoms with van der Waals surface area (Å²) < 4.78 is 20.4. The number of esters is 3. The molecular formula is C17H31NO7. The summed E-state index contributed by atoms with van der Waals surface area (Å²) in [4.78, 5) is 36.9. The molecule has 0 unspecified atom stereocenters. The normalized spacial score (nSPS) is 12.0. The van der Waals surface area contributed by atoms with Gasteiger partial charge >= 0.3 is 17.9 Å². The van der Waals surface area contributed by atoms with Gasteiger partial charge in [0.1, 0.15) is 12.2 Å². The molecule has 0 saturated carbocycles. The van der Waals surface area contributed by atoms with Gasteiger partial charge in [0, 0.05) is 27.1 Å². The van der Waals surface area contributed by atoms with Gasteiger partial charge in [0.25, 0.3) is 0 Å². The fraction of sp³-hybridized carbons (Fsp3) is 0.824. The third-order valence-electron chi connectivity index (χ3n) is 2.94. The fourth-order valence-corrected chi connectivity index (χ4v) is 1.75. The van der Waals surface area contributed by atoms with Gasteiger partial charge in [-0.2, -0.15) is 0 Å². The van der Waals surface area contributed by atoms with Crippen molar-refractivity contribution >= 4 is 17.9 Å². The lowest BCUT2D eigenvalue weighted by molar-refractivity contribution is -0.187. The van der Waals surface area contributed by atoms with E-state index in [9.17, 15) is 14.4 Å². The van der Waals surface area contributed by atoms with Crippen LogP contribution in [0.1, 0.15) is 41.5 Å². The molecule has 0 atom stereocenters. The molecular weight excluding hydrogens is 330 g/mol. The third-order valence-corrected chi connectivity index (χ3v) is 2.94. The molecule has 0 saturated heterocycles. The summed E-state index contributed by atoms with van der Waals surface area (Å²) in [6, 6.07) is 0. The number of ether oxygens (including phenoxy) is 4. The second-order valence-electron chi connectivity index (χ2n) is 7.10. The summed E-state index contributed by atoms with van der Waals surface area (Å²) in [6.07, 6.45) is 0. The summed E-state index contributed by atoms with van der Waals surface area (Å²) in [6.45, 7) is 10.8. The summed E-state index contributed by atoms with van der Waals surface area (Å²) in [5.74, 6) is -1.58. The zero-order valence-electron chi connectivity index (χ0n) is 16.3. The van der Waals surface area contributed by atoms with E-state index in [0.29, 0.717) is 19.7 Å². The molecule has 0 amide bonds. The zero-order valence-corrected chi connectivity index (χ0v) is 16.3. The number of hydrogen-bond acceptors (Lipinski definition) is 8. The highest BCUT2D eigenvalue weighted by atomic mass is 16.6. The Morgan fingerprint density at radius 3 is 1.96 bits per heavy atom. The van der Waals surface area contributed by atoms with E-state index >= 15 is 0 Å². The molecule has 0 spiro atoms. The van der Waals surface area contributed by atoms with E-state index < -0.39 is 23.1 Å². The largest absolute Gasteiger partial charge is 0.465 e. The zero-order chi connectivity index (χ0) is 19.7. The van der Waals surface area contributed by atoms with Crippen LogP contribution in [-0.2, 0) is 33.3 Å². The highest BCUT2D eigenvalue weighted by Gasteiger charge is 2.36. The average molecular weight is 361 g/mol. The van der Waals surface area contributed by atoms with Crippen LogP contribution in [0.15, 0.2) is 0 Å². The van der Waals surface area contributed by atoms with Crippen LogP contribution >= 0.6 is 0 Å². The molecule has 0 fully saturated rings. The van der Waals surface area contributed by atoms with Crippen molar-refractivity contribution < 1.29 is 33.3 Å². The fourth-order valence-electron chi connectivity index (χ4n) is 1.75. The lowest BCUT2D eigenvalue weighted by Crippen LogP contribution is -2.45. The van der Waals surface area contributed by atoms with E-state index in [1.165, 1.54) is 20.8 Å². The Labute approximate surface area is 149 Å². The van der Waals surface area contributed by atoms with Crippen molar-refractivity contribution in [2.24, 2.45) is 0 Å². The maximum atomic E-state index is 12.2. The molecule has 0 aliphatic carbocycles. The van der Waals surface area contributed by atoms with E-state index in [2.05, 4.69) is 0 Å². The Morgan fingerprint density at radius 2 is 1.48 bits per heavy atom. The van der Waals surface area contributed by atoms with Crippen molar-refractivity contribution in [3.05, 3.63) is 0 Å². The molecule has 8 heteroatoms. The summed E-state index contributed by atoms with van der Waals surface area (Å²) in [5.41, 5.74) is -2.07. The van der Waals surface area contributed by atoms with Crippen LogP contribution in [0, 0.1) is 0 Å². The first-order valence-corrected chi connectivity index (χ1v) is 8.17. The highest BCUT2D eigenvalue weighted by Crippen LogP contribution is 2.17. The molecule has 0 aromatic carbocycles. The monoisotopic (exact) mass is 361 g/mol. The van der Waals surface area contributed by atoms with Gasteiger partial charge in [-0.3, -0.25) is 14.5 Å². The minimum Gasteiger partial charge on any atom is -0.465 e. The molecule has 0 radical (unpaired) electrons. The Bertz CT molecular complexity index is 454. The Kier molecular flexibility index (Phi) is 9.66. The maximum Gasteiger partial charge on any atom is 0.350 e. The van der Waals surface area contributed by atoms with Gasteiger partial charge in [0.05, 0.1) is 13.2 Å². The van der Waals surface area contributed by atoms with E-state index in [-0.39, 0.29) is 19.1 Å². The predicted molar refractivity (Wildman–Crippen MR) is 91.0 cm³/mol. The predicted octanol–water partition coefficient (Wildman–Crippen LogP) is 1.16. The molecule has 0 rings (SSSR count). The first-order valence-electron chi connectivity index (χ1n) is 8.17. The van der Waals surface area contributed by atoms with Crippen LogP contribution in [0.3, 0.4) is 0 Å². The van der Waals surface area contributed by atoms with Gasteiger partial charge in [-0.05, 0) is 34.6 Å². The third kappa shape index (κ3) is 11.5. The molecule has 25 heavy (non-hydrogen) atoms. The smallest absolute Gasteiger partial charge is 0.350 e. The van der Waals surface area contributed by atoms with Crippen molar-refractivity contribution in [2.75, 3.05) is 40.0 Å². The number of carbonyl (C=O) groups excluding carboxylic acids is 3. The van der Waals surface area contributed by atoms with E-state index in [4.69, 9.17) is 18.9 Å². The molecule has 0 aliphatic rings. The van der Waals surface area contributed by atoms with Gasteiger partial charge in [-0.1, -0.05) is 0 Å². The molecule has 0 heterocycles. The van der Waals surface area contributed by atoms with Gasteiger partial charge < -0.3 is 18.9 Å². The number of nitrogens with zero attached hydrogens (tertiary/aromatic N) is 1. The van der Waals surface area contributed by atoms with Crippen LogP contribution in [0.4, 0.5) is 0 Å². The van der Waals surface area contributed by atoms with E-state index in [0.717, 1.165) is 0 Å². The number of hydrogen-bond donors (Lipinski definition) is 0. The molecule has 8 nitrogen and oxygen atoms in total. The summed E-state index contributed by atoms with van der Waals surface area (Å²) >= 11 is 0. The van der Waals surface area contributed by atoms with Crippen molar-refractivity contribution in [3.63, 3.8) is 0 Å². The Hall–Kier alpha value is -1.67. The molecule has 0 N–H and O–H groups in total. The summed E-state index contributed by atoms with van der Waals surface area (Å²) in [7, 11) is 1.55. The quantitative estimate of drug-likeness (QED) is 0.423. The second-order valence-corrected chi connectivity index (χ2v) is 7.10. The van der Waals surface area contributed by atoms with Crippen molar-refractivity contribution in [1.29, 1.82) is 0 Å². The SMILES string of the molecule is COCCN(CCOC(C)=O)CC(=O)OC(C)(C)C(=O)OC(C)(C)C. The van der Waals surface area contributed by atoms with Gasteiger partial charge in [0.15, 0.2) is 0 Å². The first-order chi connectivity index (χ1) is 11.4. The number of rotatable bonds is 10. The molecule has 0 bridgehead atoms. The minimum atomic E-state index is -1.40. The summed E-state index contributed by atoms with van der Waals surface area (Å²) in [5, 5.41) is 0. The van der Waals surface area contributed by atoms with Crippen LogP contribution < -0.4 is 0 Å². The standard InChI is InChI=1S/C17H31NO7/c1-13(19)23-11-9-18(8-10-22-7)12-14(20)24-17(5,6)15(21)25-16(2,3)4/h8-12H2,1-7H3. The van der Waals surface area contributed by atoms with Crippen molar-refractivity contribution in [1.82, 2.24) is 4.90 Å². The Morgan fingerprint density at radius 1 is 0.920 bits per heavy atom. The van der Waals surface area contributed by atoms with Crippen molar-refractivity contribution in [3.8, 4) is 0 Å². The number of carbonyl (C=O) groups is 3. The van der Waals surface area contributed by atoms with Crippen LogP contribution in [0.5, 0.6) is 0 Å². The highest BCUT2D eigenvalue weighted by molar-refractivity contribution is 5.83. The maximum absolute atomic E-state index is 12.2. The molecule has 0 aromatic heterocycles. The van der Waals surface area contributed by atoms with Crippen LogP contribution in [0.25, 0.3) is 0 Å². The van der Waals surface area contributed by atoms with E-state index in [1.807, 2.05) is 0 Å². The van der Waals surface area contributed by atoms with Gasteiger partial charge in [0.2, 0.25) is 5.60 Å². The van der Waals surface area contributed by atoms with Gasteiger partial charge in [-0.25, -0.2) is 4.79 Å². The molecule has 0 aromatic rings.